The van der Waals surface area contributed by atoms with Crippen LogP contribution < -0.4 is 16.8 Å². The van der Waals surface area contributed by atoms with Gasteiger partial charge in [-0.15, -0.1) is 0 Å². The lowest BCUT2D eigenvalue weighted by molar-refractivity contribution is 0.0313. The molecule has 0 radical (unpaired) electrons. The molecule has 1 fully saturated rings. The zero-order chi connectivity index (χ0) is 21.1. The van der Waals surface area contributed by atoms with Gasteiger partial charge in [0, 0.05) is 37.6 Å². The molecule has 1 saturated heterocycles. The third-order valence-electron chi connectivity index (χ3n) is 5.15. The van der Waals surface area contributed by atoms with E-state index in [0.717, 1.165) is 23.3 Å². The lowest BCUT2D eigenvalue weighted by Crippen LogP contribution is -2.52. The molecule has 3 heterocycles. The van der Waals surface area contributed by atoms with Crippen molar-refractivity contribution in [3.05, 3.63) is 54.0 Å². The number of hydrogen-bond donors (Lipinski definition) is 3. The molecule has 154 valence electrons. The largest absolute Gasteiger partial charge is 0.443 e. The molecule has 5 N–H and O–H groups in total. The van der Waals surface area contributed by atoms with E-state index in [-0.39, 0.29) is 6.04 Å². The van der Waals surface area contributed by atoms with Crippen LogP contribution in [0, 0.1) is 11.3 Å². The Morgan fingerprint density at radius 1 is 1.40 bits per heavy atom. The fraction of sp³-hybridized carbons (Fsp3) is 0.300. The van der Waals surface area contributed by atoms with E-state index in [1.54, 1.807) is 16.6 Å². The Kier molecular flexibility index (Phi) is 5.47. The first-order valence-corrected chi connectivity index (χ1v) is 9.56. The normalized spacial score (nSPS) is 19.3. The summed E-state index contributed by atoms with van der Waals surface area (Å²) in [6.45, 7) is 1.89. The maximum Gasteiger partial charge on any atom is 0.404 e. The number of anilines is 2. The summed E-state index contributed by atoms with van der Waals surface area (Å²) >= 11 is 0. The van der Waals surface area contributed by atoms with E-state index in [4.69, 9.17) is 21.5 Å². The van der Waals surface area contributed by atoms with Gasteiger partial charge in [-0.2, -0.15) is 10.4 Å². The van der Waals surface area contributed by atoms with Crippen LogP contribution in [-0.2, 0) is 11.3 Å². The van der Waals surface area contributed by atoms with Gasteiger partial charge in [-0.3, -0.25) is 4.90 Å². The number of carbonyl (C=O) groups is 1. The number of nitrogens with one attached hydrogen (secondary N) is 1. The summed E-state index contributed by atoms with van der Waals surface area (Å²) in [6.07, 6.45) is 2.80. The van der Waals surface area contributed by atoms with Crippen molar-refractivity contribution in [2.24, 2.45) is 11.5 Å². The van der Waals surface area contributed by atoms with Gasteiger partial charge in [0.25, 0.3) is 0 Å². The number of hydrogen-bond acceptors (Lipinski definition) is 8. The molecule has 1 aliphatic rings. The Hall–Kier alpha value is -3.68. The van der Waals surface area contributed by atoms with Crippen molar-refractivity contribution >= 4 is 23.1 Å². The van der Waals surface area contributed by atoms with Gasteiger partial charge in [0.1, 0.15) is 17.9 Å². The maximum absolute atomic E-state index is 11.2. The van der Waals surface area contributed by atoms with Crippen molar-refractivity contribution in [3.8, 4) is 6.07 Å². The topological polar surface area (TPSA) is 148 Å². The fourth-order valence-corrected chi connectivity index (χ4v) is 3.70. The number of piperidine rings is 1. The zero-order valence-electron chi connectivity index (χ0n) is 16.2. The van der Waals surface area contributed by atoms with Crippen LogP contribution in [0.4, 0.5) is 16.3 Å². The molecule has 3 aromatic rings. The molecule has 1 amide bonds. The number of fused-ring (bicyclic) bond motifs is 1. The van der Waals surface area contributed by atoms with Gasteiger partial charge in [0.15, 0.2) is 5.82 Å². The van der Waals surface area contributed by atoms with Crippen molar-refractivity contribution < 1.29 is 9.53 Å². The summed E-state index contributed by atoms with van der Waals surface area (Å²) in [4.78, 5) is 17.7. The highest BCUT2D eigenvalue weighted by Gasteiger charge is 2.29. The molecular weight excluding hydrogens is 384 g/mol. The van der Waals surface area contributed by atoms with Crippen LogP contribution >= 0.6 is 0 Å². The van der Waals surface area contributed by atoms with Crippen molar-refractivity contribution in [3.63, 3.8) is 0 Å². The summed E-state index contributed by atoms with van der Waals surface area (Å²) in [5, 5.41) is 16.7. The quantitative estimate of drug-likeness (QED) is 0.575. The third kappa shape index (κ3) is 4.17. The van der Waals surface area contributed by atoms with Crippen molar-refractivity contribution in [2.75, 3.05) is 18.4 Å². The lowest BCUT2D eigenvalue weighted by atomic mass is 10.0. The summed E-state index contributed by atoms with van der Waals surface area (Å²) < 4.78 is 6.92. The smallest absolute Gasteiger partial charge is 0.404 e. The van der Waals surface area contributed by atoms with Gasteiger partial charge in [-0.25, -0.2) is 14.3 Å². The summed E-state index contributed by atoms with van der Waals surface area (Å²) in [5.74, 6) is 0.638. The number of primary amides is 1. The molecule has 2 atom stereocenters. The van der Waals surface area contributed by atoms with E-state index < -0.39 is 12.2 Å². The molecule has 10 nitrogen and oxygen atoms in total. The van der Waals surface area contributed by atoms with Gasteiger partial charge in [-0.05, 0) is 36.2 Å². The molecule has 10 heteroatoms. The van der Waals surface area contributed by atoms with E-state index >= 15 is 0 Å². The predicted octanol–water partition coefficient (Wildman–Crippen LogP) is 1.34. The van der Waals surface area contributed by atoms with Gasteiger partial charge in [0.05, 0.1) is 11.6 Å². The highest BCUT2D eigenvalue weighted by atomic mass is 16.6. The Bertz CT molecular complexity index is 1110. The van der Waals surface area contributed by atoms with E-state index in [2.05, 4.69) is 26.4 Å². The van der Waals surface area contributed by atoms with Crippen LogP contribution in [0.3, 0.4) is 0 Å². The first kappa shape index (κ1) is 19.6. The number of likely N-dealkylation sites (tertiary alicyclic amines) is 1. The van der Waals surface area contributed by atoms with E-state index in [9.17, 15) is 4.79 Å². The van der Waals surface area contributed by atoms with Crippen LogP contribution in [0.1, 0.15) is 17.5 Å². The fourth-order valence-electron chi connectivity index (χ4n) is 3.70. The highest BCUT2D eigenvalue weighted by molar-refractivity contribution is 5.76. The molecule has 0 aliphatic carbocycles. The Labute approximate surface area is 173 Å². The predicted molar refractivity (Wildman–Crippen MR) is 110 cm³/mol. The molecule has 2 unspecified atom stereocenters. The van der Waals surface area contributed by atoms with Crippen LogP contribution in [-0.4, -0.2) is 50.8 Å². The first-order chi connectivity index (χ1) is 14.5. The SMILES string of the molecule is N#Cc1cccc(Nc2ncnn3ccc(CN4CCC(N)C(OC(N)=O)C4)c23)c1. The van der Waals surface area contributed by atoms with Crippen LogP contribution in [0.15, 0.2) is 42.9 Å². The van der Waals surface area contributed by atoms with Crippen LogP contribution in [0.5, 0.6) is 0 Å². The Morgan fingerprint density at radius 3 is 3.07 bits per heavy atom. The second-order valence-corrected chi connectivity index (χ2v) is 7.22. The van der Waals surface area contributed by atoms with E-state index in [0.29, 0.717) is 30.9 Å². The van der Waals surface area contributed by atoms with E-state index in [1.165, 1.54) is 6.33 Å². The standard InChI is InChI=1S/C20H22N8O2/c21-9-13-2-1-3-15(8-13)26-19-18-14(4-7-28(18)25-12-24-19)10-27-6-5-16(22)17(11-27)30-20(23)29/h1-4,7-8,12,16-17H,5-6,10-11,22H2,(H2,23,29)(H,24,25,26). The minimum Gasteiger partial charge on any atom is -0.443 e. The Balaban J connectivity index is 1.58. The number of ether oxygens (including phenoxy) is 1. The molecule has 0 bridgehead atoms. The molecule has 0 spiro atoms. The number of aromatic nitrogens is 3. The van der Waals surface area contributed by atoms with Gasteiger partial charge in [0.2, 0.25) is 0 Å². The van der Waals surface area contributed by atoms with Gasteiger partial charge < -0.3 is 21.5 Å². The van der Waals surface area contributed by atoms with Crippen molar-refractivity contribution in [1.29, 1.82) is 5.26 Å². The van der Waals surface area contributed by atoms with E-state index in [1.807, 2.05) is 24.4 Å². The molecule has 1 aromatic carbocycles. The number of amides is 1. The molecule has 2 aromatic heterocycles. The monoisotopic (exact) mass is 406 g/mol. The maximum atomic E-state index is 11.2. The number of nitrogens with two attached hydrogens (primary N) is 2. The zero-order valence-corrected chi connectivity index (χ0v) is 16.2. The minimum absolute atomic E-state index is 0.229. The van der Waals surface area contributed by atoms with Crippen LogP contribution in [0.2, 0.25) is 0 Å². The average Bonchev–Trinajstić information content (AvgIpc) is 3.14. The second kappa shape index (κ2) is 8.36. The Morgan fingerprint density at radius 2 is 2.27 bits per heavy atom. The van der Waals surface area contributed by atoms with Gasteiger partial charge in [-0.1, -0.05) is 6.07 Å². The summed E-state index contributed by atoms with van der Waals surface area (Å²) in [7, 11) is 0. The molecule has 0 saturated carbocycles. The number of carbonyl (C=O) groups excluding carboxylic acids is 1. The number of benzene rings is 1. The molecule has 4 rings (SSSR count). The van der Waals surface area contributed by atoms with Gasteiger partial charge >= 0.3 is 6.09 Å². The summed E-state index contributed by atoms with van der Waals surface area (Å²) in [5.41, 5.74) is 14.4. The average molecular weight is 406 g/mol. The van der Waals surface area contributed by atoms with Crippen molar-refractivity contribution in [1.82, 2.24) is 19.5 Å². The molecule has 1 aliphatic heterocycles. The highest BCUT2D eigenvalue weighted by Crippen LogP contribution is 2.25. The lowest BCUT2D eigenvalue weighted by Gasteiger charge is -2.35. The number of rotatable bonds is 5. The number of nitrogens with zero attached hydrogens (tertiary/aromatic N) is 5. The number of nitriles is 1. The molecule has 30 heavy (non-hydrogen) atoms. The summed E-state index contributed by atoms with van der Waals surface area (Å²) in [6, 6.07) is 11.1. The molecular formula is C20H22N8O2. The minimum atomic E-state index is -0.814. The van der Waals surface area contributed by atoms with Crippen molar-refractivity contribution in [2.45, 2.75) is 25.1 Å². The first-order valence-electron chi connectivity index (χ1n) is 9.56. The third-order valence-corrected chi connectivity index (χ3v) is 5.15. The second-order valence-electron chi connectivity index (χ2n) is 7.22. The van der Waals surface area contributed by atoms with Crippen LogP contribution in [0.25, 0.3) is 5.52 Å².